The summed E-state index contributed by atoms with van der Waals surface area (Å²) in [4.78, 5) is 11.9. The molecule has 0 fully saturated rings. The van der Waals surface area contributed by atoms with Crippen LogP contribution in [0.3, 0.4) is 0 Å². The van der Waals surface area contributed by atoms with Gasteiger partial charge in [0.25, 0.3) is 0 Å². The van der Waals surface area contributed by atoms with E-state index in [2.05, 4.69) is 22.2 Å². The van der Waals surface area contributed by atoms with Gasteiger partial charge in [-0.1, -0.05) is 23.9 Å². The Balaban J connectivity index is 2.52. The lowest BCUT2D eigenvalue weighted by molar-refractivity contribution is 0.0521. The van der Waals surface area contributed by atoms with Crippen LogP contribution in [0.15, 0.2) is 47.4 Å². The van der Waals surface area contributed by atoms with Gasteiger partial charge in [-0.05, 0) is 26.1 Å². The average Bonchev–Trinajstić information content (AvgIpc) is 2.57. The summed E-state index contributed by atoms with van der Waals surface area (Å²) in [7, 11) is 1.86. The standard InChI is InChI=1S/C16H24N4O3/c1-4-20(19-18-11-10-17-3)12-13-23-15-9-7-6-8-14(15)16(21)22-5-2/h4,6-9,17H,1,5,10-13H2,2-3H3. The second-order valence-corrected chi connectivity index (χ2v) is 4.47. The van der Waals surface area contributed by atoms with Crippen molar-refractivity contribution in [3.63, 3.8) is 0 Å². The van der Waals surface area contributed by atoms with E-state index in [4.69, 9.17) is 9.47 Å². The zero-order valence-electron chi connectivity index (χ0n) is 13.7. The molecule has 0 aliphatic rings. The summed E-state index contributed by atoms with van der Waals surface area (Å²) in [5, 5.41) is 12.6. The number of benzene rings is 1. The van der Waals surface area contributed by atoms with Crippen molar-refractivity contribution in [2.24, 2.45) is 10.3 Å². The molecule has 0 aromatic heterocycles. The Kier molecular flexibility index (Phi) is 9.07. The van der Waals surface area contributed by atoms with Crippen molar-refractivity contribution in [1.29, 1.82) is 0 Å². The molecule has 0 amide bonds. The molecule has 7 heteroatoms. The third kappa shape index (κ3) is 6.92. The van der Waals surface area contributed by atoms with Crippen LogP contribution in [0.4, 0.5) is 0 Å². The first-order valence-corrected chi connectivity index (χ1v) is 7.53. The maximum Gasteiger partial charge on any atom is 0.341 e. The third-order valence-electron chi connectivity index (χ3n) is 2.81. The average molecular weight is 320 g/mol. The van der Waals surface area contributed by atoms with Crippen LogP contribution in [-0.4, -0.2) is 50.9 Å². The molecule has 126 valence electrons. The predicted octanol–water partition coefficient (Wildman–Crippen LogP) is 2.27. The number of para-hydroxylation sites is 1. The number of nitrogens with zero attached hydrogens (tertiary/aromatic N) is 3. The van der Waals surface area contributed by atoms with Crippen LogP contribution >= 0.6 is 0 Å². The van der Waals surface area contributed by atoms with Gasteiger partial charge in [-0.3, -0.25) is 5.01 Å². The number of ether oxygens (including phenoxy) is 2. The smallest absolute Gasteiger partial charge is 0.341 e. The molecule has 0 atom stereocenters. The molecule has 0 radical (unpaired) electrons. The highest BCUT2D eigenvalue weighted by Crippen LogP contribution is 2.19. The van der Waals surface area contributed by atoms with E-state index < -0.39 is 5.97 Å². The summed E-state index contributed by atoms with van der Waals surface area (Å²) in [6, 6.07) is 6.99. The van der Waals surface area contributed by atoms with Crippen molar-refractivity contribution in [2.45, 2.75) is 6.92 Å². The van der Waals surface area contributed by atoms with Crippen LogP contribution in [0, 0.1) is 0 Å². The molecule has 0 aliphatic carbocycles. The molecule has 0 spiro atoms. The highest BCUT2D eigenvalue weighted by molar-refractivity contribution is 5.92. The predicted molar refractivity (Wildman–Crippen MR) is 88.4 cm³/mol. The Morgan fingerprint density at radius 3 is 2.91 bits per heavy atom. The van der Waals surface area contributed by atoms with Gasteiger partial charge in [0.1, 0.15) is 17.9 Å². The number of hydrogen-bond donors (Lipinski definition) is 1. The number of nitrogens with one attached hydrogen (secondary N) is 1. The van der Waals surface area contributed by atoms with Gasteiger partial charge >= 0.3 is 5.97 Å². The molecule has 1 aromatic carbocycles. The monoisotopic (exact) mass is 320 g/mol. The Bertz CT molecular complexity index is 520. The zero-order chi connectivity index (χ0) is 16.9. The van der Waals surface area contributed by atoms with Crippen molar-refractivity contribution in [3.8, 4) is 5.75 Å². The van der Waals surface area contributed by atoms with E-state index in [1.54, 1.807) is 42.4 Å². The van der Waals surface area contributed by atoms with Crippen LogP contribution in [0.25, 0.3) is 0 Å². The maximum absolute atomic E-state index is 11.9. The molecule has 0 saturated heterocycles. The minimum atomic E-state index is -0.393. The molecule has 0 bridgehead atoms. The Morgan fingerprint density at radius 2 is 2.22 bits per heavy atom. The second kappa shape index (κ2) is 11.2. The minimum absolute atomic E-state index is 0.324. The van der Waals surface area contributed by atoms with Gasteiger partial charge < -0.3 is 14.8 Å². The number of likely N-dealkylation sites (N-methyl/N-ethyl adjacent to an activating group) is 1. The Morgan fingerprint density at radius 1 is 1.43 bits per heavy atom. The quantitative estimate of drug-likeness (QED) is 0.293. The van der Waals surface area contributed by atoms with Gasteiger partial charge in [-0.2, -0.15) is 5.11 Å². The molecule has 0 aliphatic heterocycles. The van der Waals surface area contributed by atoms with E-state index in [-0.39, 0.29) is 0 Å². The van der Waals surface area contributed by atoms with Crippen LogP contribution in [0.2, 0.25) is 0 Å². The second-order valence-electron chi connectivity index (χ2n) is 4.47. The van der Waals surface area contributed by atoms with E-state index >= 15 is 0 Å². The van der Waals surface area contributed by atoms with Crippen molar-refractivity contribution in [3.05, 3.63) is 42.6 Å². The van der Waals surface area contributed by atoms with Crippen molar-refractivity contribution in [1.82, 2.24) is 10.3 Å². The topological polar surface area (TPSA) is 75.5 Å². The molecule has 23 heavy (non-hydrogen) atoms. The minimum Gasteiger partial charge on any atom is -0.491 e. The van der Waals surface area contributed by atoms with Crippen molar-refractivity contribution >= 4 is 5.97 Å². The summed E-state index contributed by atoms with van der Waals surface area (Å²) in [5.74, 6) is 0.0949. The van der Waals surface area contributed by atoms with Gasteiger partial charge in [0.2, 0.25) is 0 Å². The SMILES string of the molecule is C=CN(CCOc1ccccc1C(=O)OCC)N=NCCNC. The van der Waals surface area contributed by atoms with Gasteiger partial charge in [-0.15, -0.1) is 0 Å². The maximum atomic E-state index is 11.9. The van der Waals surface area contributed by atoms with Crippen LogP contribution in [0.5, 0.6) is 5.75 Å². The molecule has 7 nitrogen and oxygen atoms in total. The summed E-state index contributed by atoms with van der Waals surface area (Å²) in [6.07, 6.45) is 1.57. The van der Waals surface area contributed by atoms with Gasteiger partial charge in [0.05, 0.1) is 19.7 Å². The lowest BCUT2D eigenvalue weighted by Crippen LogP contribution is -2.19. The fourth-order valence-electron chi connectivity index (χ4n) is 1.68. The van der Waals surface area contributed by atoms with E-state index in [1.807, 2.05) is 7.05 Å². The fraction of sp³-hybridized carbons (Fsp3) is 0.438. The van der Waals surface area contributed by atoms with Crippen molar-refractivity contribution in [2.75, 3.05) is 39.9 Å². The summed E-state index contributed by atoms with van der Waals surface area (Å²) in [6.45, 7) is 7.94. The lowest BCUT2D eigenvalue weighted by Gasteiger charge is -2.14. The van der Waals surface area contributed by atoms with Gasteiger partial charge in [0.15, 0.2) is 0 Å². The first kappa shape index (κ1) is 18.6. The summed E-state index contributed by atoms with van der Waals surface area (Å²) < 4.78 is 10.7. The molecule has 0 saturated carbocycles. The number of carbonyl (C=O) groups is 1. The first-order valence-electron chi connectivity index (χ1n) is 7.53. The molecule has 1 N–H and O–H groups in total. The Hall–Kier alpha value is -2.41. The largest absolute Gasteiger partial charge is 0.491 e. The third-order valence-corrected chi connectivity index (χ3v) is 2.81. The van der Waals surface area contributed by atoms with Crippen LogP contribution in [0.1, 0.15) is 17.3 Å². The molecular weight excluding hydrogens is 296 g/mol. The van der Waals surface area contributed by atoms with E-state index in [9.17, 15) is 4.79 Å². The van der Waals surface area contributed by atoms with Crippen LogP contribution < -0.4 is 10.1 Å². The Labute approximate surface area is 137 Å². The zero-order valence-corrected chi connectivity index (χ0v) is 13.7. The summed E-state index contributed by atoms with van der Waals surface area (Å²) in [5.41, 5.74) is 0.412. The normalized spacial score (nSPS) is 10.5. The number of carbonyl (C=O) groups excluding carboxylic acids is 1. The molecule has 0 unspecified atom stereocenters. The van der Waals surface area contributed by atoms with Crippen molar-refractivity contribution < 1.29 is 14.3 Å². The summed E-state index contributed by atoms with van der Waals surface area (Å²) >= 11 is 0. The number of rotatable bonds is 11. The molecular formula is C16H24N4O3. The van der Waals surface area contributed by atoms with Gasteiger partial charge in [0, 0.05) is 12.7 Å². The first-order chi connectivity index (χ1) is 11.2. The van der Waals surface area contributed by atoms with E-state index in [0.29, 0.717) is 37.6 Å². The fourth-order valence-corrected chi connectivity index (χ4v) is 1.68. The molecule has 1 aromatic rings. The van der Waals surface area contributed by atoms with E-state index in [0.717, 1.165) is 6.54 Å². The van der Waals surface area contributed by atoms with Gasteiger partial charge in [-0.25, -0.2) is 4.79 Å². The lowest BCUT2D eigenvalue weighted by atomic mass is 10.2. The number of hydrogen-bond acceptors (Lipinski definition) is 6. The van der Waals surface area contributed by atoms with Crippen LogP contribution in [-0.2, 0) is 4.74 Å². The molecule has 1 rings (SSSR count). The van der Waals surface area contributed by atoms with E-state index in [1.165, 1.54) is 0 Å². The highest BCUT2D eigenvalue weighted by atomic mass is 16.5. The molecule has 0 heterocycles. The number of esters is 1. The highest BCUT2D eigenvalue weighted by Gasteiger charge is 2.12.